The van der Waals surface area contributed by atoms with E-state index in [0.29, 0.717) is 28.9 Å². The Morgan fingerprint density at radius 1 is 1.35 bits per heavy atom. The molecule has 3 nitrogen and oxygen atoms in total. The van der Waals surface area contributed by atoms with Crippen molar-refractivity contribution in [2.75, 3.05) is 18.6 Å². The summed E-state index contributed by atoms with van der Waals surface area (Å²) in [5.74, 6) is 1.17. The molecule has 4 heteroatoms. The van der Waals surface area contributed by atoms with Gasteiger partial charge in [-0.25, -0.2) is 8.42 Å². The van der Waals surface area contributed by atoms with Gasteiger partial charge in [-0.2, -0.15) is 0 Å². The van der Waals surface area contributed by atoms with Crippen molar-refractivity contribution >= 4 is 9.84 Å². The van der Waals surface area contributed by atoms with E-state index in [1.807, 2.05) is 7.05 Å². The van der Waals surface area contributed by atoms with E-state index < -0.39 is 9.84 Å². The molecule has 17 heavy (non-hydrogen) atoms. The molecule has 1 aliphatic rings. The second kappa shape index (κ2) is 5.70. The van der Waals surface area contributed by atoms with E-state index in [0.717, 1.165) is 19.3 Å². The van der Waals surface area contributed by atoms with Gasteiger partial charge in [0.05, 0.1) is 11.5 Å². The smallest absolute Gasteiger partial charge is 0.150 e. The minimum Gasteiger partial charge on any atom is -0.317 e. The van der Waals surface area contributed by atoms with Crippen molar-refractivity contribution in [2.45, 2.75) is 52.5 Å². The average Bonchev–Trinajstić information content (AvgIpc) is 2.51. The Kier molecular flexibility index (Phi) is 5.02. The zero-order valence-corrected chi connectivity index (χ0v) is 12.4. The molecule has 0 radical (unpaired) electrons. The molecule has 1 fully saturated rings. The highest BCUT2D eigenvalue weighted by molar-refractivity contribution is 7.91. The molecule has 0 aromatic heterocycles. The SMILES string of the molecule is CNC(CCC(C)(C)C)CC1CCS(=O)(=O)C1. The number of hydrogen-bond donors (Lipinski definition) is 1. The van der Waals surface area contributed by atoms with Crippen LogP contribution < -0.4 is 5.32 Å². The predicted octanol–water partition coefficient (Wildman–Crippen LogP) is 2.23. The quantitative estimate of drug-likeness (QED) is 0.825. The number of sulfone groups is 1. The lowest BCUT2D eigenvalue weighted by atomic mass is 9.86. The number of hydrogen-bond acceptors (Lipinski definition) is 3. The summed E-state index contributed by atoms with van der Waals surface area (Å²) in [6, 6.07) is 0.465. The fourth-order valence-electron chi connectivity index (χ4n) is 2.45. The van der Waals surface area contributed by atoms with E-state index in [1.165, 1.54) is 6.42 Å². The fourth-order valence-corrected chi connectivity index (χ4v) is 4.33. The Morgan fingerprint density at radius 2 is 2.00 bits per heavy atom. The van der Waals surface area contributed by atoms with E-state index >= 15 is 0 Å². The predicted molar refractivity (Wildman–Crippen MR) is 72.9 cm³/mol. The lowest BCUT2D eigenvalue weighted by molar-refractivity contribution is 0.313. The summed E-state index contributed by atoms with van der Waals surface area (Å²) in [5.41, 5.74) is 0.358. The normalized spacial score (nSPS) is 26.0. The second-order valence-electron chi connectivity index (χ2n) is 6.59. The Bertz CT molecular complexity index is 330. The minimum absolute atomic E-state index is 0.358. The standard InChI is InChI=1S/C13H27NO2S/c1-13(2,3)7-5-12(14-4)9-11-6-8-17(15,16)10-11/h11-12,14H,5-10H2,1-4H3. The molecule has 102 valence electrons. The lowest BCUT2D eigenvalue weighted by Gasteiger charge is -2.24. The molecule has 0 spiro atoms. The fraction of sp³-hybridized carbons (Fsp3) is 1.00. The molecule has 0 aliphatic carbocycles. The lowest BCUT2D eigenvalue weighted by Crippen LogP contribution is -2.29. The summed E-state index contributed by atoms with van der Waals surface area (Å²) >= 11 is 0. The Labute approximate surface area is 106 Å². The molecule has 0 bridgehead atoms. The molecule has 0 amide bonds. The van der Waals surface area contributed by atoms with Crippen LogP contribution in [-0.2, 0) is 9.84 Å². The number of rotatable bonds is 5. The van der Waals surface area contributed by atoms with Crippen LogP contribution in [0.15, 0.2) is 0 Å². The molecule has 1 heterocycles. The van der Waals surface area contributed by atoms with Gasteiger partial charge in [-0.15, -0.1) is 0 Å². The largest absolute Gasteiger partial charge is 0.317 e. The van der Waals surface area contributed by atoms with Crippen molar-refractivity contribution in [3.63, 3.8) is 0 Å². The van der Waals surface area contributed by atoms with Gasteiger partial charge in [0.15, 0.2) is 9.84 Å². The zero-order valence-electron chi connectivity index (χ0n) is 11.6. The Hall–Kier alpha value is -0.0900. The highest BCUT2D eigenvalue weighted by Crippen LogP contribution is 2.27. The minimum atomic E-state index is -2.72. The summed E-state index contributed by atoms with van der Waals surface area (Å²) in [7, 11) is -0.738. The second-order valence-corrected chi connectivity index (χ2v) is 8.82. The maximum absolute atomic E-state index is 11.4. The van der Waals surface area contributed by atoms with E-state index in [1.54, 1.807) is 0 Å². The van der Waals surface area contributed by atoms with Gasteiger partial charge in [0, 0.05) is 6.04 Å². The number of nitrogens with one attached hydrogen (secondary N) is 1. The average molecular weight is 261 g/mol. The third kappa shape index (κ3) is 5.87. The molecule has 0 aromatic rings. The summed E-state index contributed by atoms with van der Waals surface area (Å²) in [5, 5.41) is 3.33. The van der Waals surface area contributed by atoms with Gasteiger partial charge in [0.1, 0.15) is 0 Å². The van der Waals surface area contributed by atoms with E-state index in [2.05, 4.69) is 26.1 Å². The third-order valence-corrected chi connectivity index (χ3v) is 5.43. The third-order valence-electron chi connectivity index (χ3n) is 3.60. The van der Waals surface area contributed by atoms with Crippen molar-refractivity contribution in [3.8, 4) is 0 Å². The molecular formula is C13H27NO2S. The highest BCUT2D eigenvalue weighted by Gasteiger charge is 2.29. The van der Waals surface area contributed by atoms with Crippen LogP contribution in [0.3, 0.4) is 0 Å². The van der Waals surface area contributed by atoms with Crippen LogP contribution in [0.4, 0.5) is 0 Å². The first-order valence-electron chi connectivity index (χ1n) is 6.59. The van der Waals surface area contributed by atoms with Gasteiger partial charge >= 0.3 is 0 Å². The summed E-state index contributed by atoms with van der Waals surface area (Å²) < 4.78 is 22.8. The zero-order chi connectivity index (χ0) is 13.1. The summed E-state index contributed by atoms with van der Waals surface area (Å²) in [4.78, 5) is 0. The van der Waals surface area contributed by atoms with Crippen molar-refractivity contribution in [3.05, 3.63) is 0 Å². The van der Waals surface area contributed by atoms with Gasteiger partial charge in [-0.05, 0) is 44.1 Å². The Morgan fingerprint density at radius 3 is 2.41 bits per heavy atom. The van der Waals surface area contributed by atoms with Gasteiger partial charge in [-0.3, -0.25) is 0 Å². The monoisotopic (exact) mass is 261 g/mol. The molecule has 1 saturated heterocycles. The van der Waals surface area contributed by atoms with E-state index in [9.17, 15) is 8.42 Å². The van der Waals surface area contributed by atoms with Crippen LogP contribution in [0.2, 0.25) is 0 Å². The highest BCUT2D eigenvalue weighted by atomic mass is 32.2. The van der Waals surface area contributed by atoms with Crippen molar-refractivity contribution < 1.29 is 8.42 Å². The van der Waals surface area contributed by atoms with Gasteiger partial charge in [0.2, 0.25) is 0 Å². The first-order valence-corrected chi connectivity index (χ1v) is 8.42. The van der Waals surface area contributed by atoms with Crippen molar-refractivity contribution in [2.24, 2.45) is 11.3 Å². The first-order chi connectivity index (χ1) is 7.72. The molecule has 1 N–H and O–H groups in total. The van der Waals surface area contributed by atoms with Crippen LogP contribution in [0, 0.1) is 11.3 Å². The van der Waals surface area contributed by atoms with Gasteiger partial charge in [0.25, 0.3) is 0 Å². The van der Waals surface area contributed by atoms with Crippen LogP contribution in [0.25, 0.3) is 0 Å². The maximum atomic E-state index is 11.4. The molecule has 1 aliphatic heterocycles. The van der Waals surface area contributed by atoms with Gasteiger partial charge in [-0.1, -0.05) is 20.8 Å². The van der Waals surface area contributed by atoms with Crippen molar-refractivity contribution in [1.82, 2.24) is 5.32 Å². The van der Waals surface area contributed by atoms with Crippen LogP contribution >= 0.6 is 0 Å². The Balaban J connectivity index is 2.38. The van der Waals surface area contributed by atoms with Crippen LogP contribution in [0.1, 0.15) is 46.5 Å². The van der Waals surface area contributed by atoms with Crippen LogP contribution in [-0.4, -0.2) is 33.0 Å². The van der Waals surface area contributed by atoms with Crippen LogP contribution in [0.5, 0.6) is 0 Å². The van der Waals surface area contributed by atoms with E-state index in [-0.39, 0.29) is 0 Å². The molecule has 0 aromatic carbocycles. The summed E-state index contributed by atoms with van der Waals surface area (Å²) in [6.45, 7) is 6.75. The van der Waals surface area contributed by atoms with E-state index in [4.69, 9.17) is 0 Å². The maximum Gasteiger partial charge on any atom is 0.150 e. The topological polar surface area (TPSA) is 46.2 Å². The molecule has 2 atom stereocenters. The molecule has 0 saturated carbocycles. The molecular weight excluding hydrogens is 234 g/mol. The first kappa shape index (κ1) is 15.0. The van der Waals surface area contributed by atoms with Crippen molar-refractivity contribution in [1.29, 1.82) is 0 Å². The molecule has 2 unspecified atom stereocenters. The van der Waals surface area contributed by atoms with Gasteiger partial charge < -0.3 is 5.32 Å². The molecule has 1 rings (SSSR count). The summed E-state index contributed by atoms with van der Waals surface area (Å²) in [6.07, 6.45) is 4.18.